The quantitative estimate of drug-likeness (QED) is 0.359. The van der Waals surface area contributed by atoms with Crippen LogP contribution in [-0.2, 0) is 0 Å². The molecular formula is C18H31IN4OS. The van der Waals surface area contributed by atoms with Gasteiger partial charge in [0.1, 0.15) is 5.75 Å². The lowest BCUT2D eigenvalue weighted by atomic mass is 10.1. The average Bonchev–Trinajstić information content (AvgIpc) is 3.11. The van der Waals surface area contributed by atoms with Crippen molar-refractivity contribution in [3.8, 4) is 5.75 Å². The van der Waals surface area contributed by atoms with E-state index in [0.717, 1.165) is 24.8 Å². The van der Waals surface area contributed by atoms with Crippen LogP contribution in [0.4, 0.5) is 0 Å². The lowest BCUT2D eigenvalue weighted by Gasteiger charge is -2.26. The van der Waals surface area contributed by atoms with Crippen molar-refractivity contribution in [2.75, 3.05) is 47.1 Å². The Morgan fingerprint density at radius 2 is 2.20 bits per heavy atom. The summed E-state index contributed by atoms with van der Waals surface area (Å²) < 4.78 is 5.35. The molecule has 0 spiro atoms. The summed E-state index contributed by atoms with van der Waals surface area (Å²) in [5.74, 6) is 3.05. The zero-order chi connectivity index (χ0) is 17.4. The summed E-state index contributed by atoms with van der Waals surface area (Å²) in [5, 5.41) is 7.63. The van der Waals surface area contributed by atoms with E-state index in [1.807, 2.05) is 19.2 Å². The van der Waals surface area contributed by atoms with E-state index >= 15 is 0 Å². The van der Waals surface area contributed by atoms with Gasteiger partial charge in [0, 0.05) is 25.4 Å². The highest BCUT2D eigenvalue weighted by Crippen LogP contribution is 2.25. The molecule has 0 aromatic heterocycles. The van der Waals surface area contributed by atoms with Crippen molar-refractivity contribution in [2.45, 2.75) is 24.1 Å². The Hall–Kier alpha value is -0.670. The van der Waals surface area contributed by atoms with Crippen molar-refractivity contribution in [2.24, 2.45) is 4.99 Å². The molecule has 7 heteroatoms. The van der Waals surface area contributed by atoms with E-state index in [9.17, 15) is 0 Å². The number of thioether (sulfide) groups is 1. The van der Waals surface area contributed by atoms with Crippen LogP contribution in [0.2, 0.25) is 0 Å². The van der Waals surface area contributed by atoms with Gasteiger partial charge < -0.3 is 20.3 Å². The summed E-state index contributed by atoms with van der Waals surface area (Å²) in [6.45, 7) is 1.77. The van der Waals surface area contributed by atoms with Crippen molar-refractivity contribution < 1.29 is 4.74 Å². The first-order valence-electron chi connectivity index (χ1n) is 8.50. The number of guanidine groups is 1. The maximum Gasteiger partial charge on any atom is 0.191 e. The number of ether oxygens (including phenoxy) is 1. The highest BCUT2D eigenvalue weighted by Gasteiger charge is 2.17. The van der Waals surface area contributed by atoms with Crippen LogP contribution in [0.3, 0.4) is 0 Å². The third-order valence-corrected chi connectivity index (χ3v) is 5.71. The number of nitrogens with one attached hydrogen (secondary N) is 2. The van der Waals surface area contributed by atoms with Crippen LogP contribution in [0.5, 0.6) is 5.75 Å². The Labute approximate surface area is 173 Å². The summed E-state index contributed by atoms with van der Waals surface area (Å²) in [7, 11) is 7.72. The van der Waals surface area contributed by atoms with Crippen LogP contribution in [0, 0.1) is 0 Å². The Morgan fingerprint density at radius 3 is 2.80 bits per heavy atom. The summed E-state index contributed by atoms with van der Waals surface area (Å²) in [4.78, 5) is 6.56. The third kappa shape index (κ3) is 7.22. The number of likely N-dealkylation sites (N-methyl/N-ethyl adjacent to an activating group) is 1. The van der Waals surface area contributed by atoms with Crippen LogP contribution in [-0.4, -0.2) is 63.2 Å². The van der Waals surface area contributed by atoms with Crippen LogP contribution in [0.15, 0.2) is 29.3 Å². The minimum Gasteiger partial charge on any atom is -0.497 e. The number of halogens is 1. The zero-order valence-electron chi connectivity index (χ0n) is 15.6. The predicted octanol–water partition coefficient (Wildman–Crippen LogP) is 2.98. The fourth-order valence-electron chi connectivity index (χ4n) is 2.88. The van der Waals surface area contributed by atoms with Gasteiger partial charge in [-0.1, -0.05) is 12.1 Å². The average molecular weight is 478 g/mol. The molecule has 0 aliphatic carbocycles. The first kappa shape index (κ1) is 22.4. The van der Waals surface area contributed by atoms with Gasteiger partial charge in [-0.15, -0.1) is 24.0 Å². The molecule has 1 saturated heterocycles. The molecule has 1 fully saturated rings. The number of hydrogen-bond donors (Lipinski definition) is 2. The molecule has 142 valence electrons. The number of rotatable bonds is 7. The molecule has 2 N–H and O–H groups in total. The minimum absolute atomic E-state index is 0. The van der Waals surface area contributed by atoms with Gasteiger partial charge in [0.25, 0.3) is 0 Å². The highest BCUT2D eigenvalue weighted by molar-refractivity contribution is 14.0. The predicted molar refractivity (Wildman–Crippen MR) is 120 cm³/mol. The molecule has 1 aliphatic rings. The van der Waals surface area contributed by atoms with Gasteiger partial charge in [-0.25, -0.2) is 0 Å². The van der Waals surface area contributed by atoms with E-state index in [2.05, 4.69) is 58.5 Å². The summed E-state index contributed by atoms with van der Waals surface area (Å²) in [6, 6.07) is 8.50. The number of nitrogens with zero attached hydrogens (tertiary/aromatic N) is 2. The molecule has 2 atom stereocenters. The summed E-state index contributed by atoms with van der Waals surface area (Å²) in [6.07, 6.45) is 2.64. The zero-order valence-corrected chi connectivity index (χ0v) is 18.8. The number of hydrogen-bond acceptors (Lipinski definition) is 4. The fraction of sp³-hybridized carbons (Fsp3) is 0.611. The Bertz CT molecular complexity index is 536. The SMILES string of the molecule is CN=C(NCC1CCCS1)NCC(c1cccc(OC)c1)N(C)C.I. The lowest BCUT2D eigenvalue weighted by molar-refractivity contribution is 0.297. The summed E-state index contributed by atoms with van der Waals surface area (Å²) in [5.41, 5.74) is 1.23. The third-order valence-electron chi connectivity index (χ3n) is 4.31. The van der Waals surface area contributed by atoms with E-state index in [1.165, 1.54) is 24.2 Å². The van der Waals surface area contributed by atoms with Gasteiger partial charge >= 0.3 is 0 Å². The second-order valence-corrected chi connectivity index (χ2v) is 7.63. The van der Waals surface area contributed by atoms with Crippen LogP contribution < -0.4 is 15.4 Å². The van der Waals surface area contributed by atoms with E-state index in [1.54, 1.807) is 7.11 Å². The normalized spacial score (nSPS) is 18.6. The number of benzene rings is 1. The van der Waals surface area contributed by atoms with Gasteiger partial charge in [0.15, 0.2) is 5.96 Å². The van der Waals surface area contributed by atoms with Gasteiger partial charge in [0.2, 0.25) is 0 Å². The topological polar surface area (TPSA) is 48.9 Å². The molecular weight excluding hydrogens is 447 g/mol. The van der Waals surface area contributed by atoms with Gasteiger partial charge in [-0.05, 0) is 50.4 Å². The standard InChI is InChI=1S/C18H30N4OS.HI/c1-19-18(20-12-16-9-6-10-24-16)21-13-17(22(2)3)14-7-5-8-15(11-14)23-4;/h5,7-8,11,16-17H,6,9-10,12-13H2,1-4H3,(H2,19,20,21);1H. The Balaban J connectivity index is 0.00000312. The van der Waals surface area contributed by atoms with E-state index < -0.39 is 0 Å². The number of aliphatic imine (C=N–C) groups is 1. The second-order valence-electron chi connectivity index (χ2n) is 6.23. The first-order chi connectivity index (χ1) is 11.6. The fourth-order valence-corrected chi connectivity index (χ4v) is 4.08. The molecule has 0 bridgehead atoms. The molecule has 1 heterocycles. The molecule has 0 radical (unpaired) electrons. The van der Waals surface area contributed by atoms with Crippen molar-refractivity contribution >= 4 is 41.7 Å². The minimum atomic E-state index is 0. The first-order valence-corrected chi connectivity index (χ1v) is 9.55. The van der Waals surface area contributed by atoms with E-state index in [-0.39, 0.29) is 30.0 Å². The smallest absolute Gasteiger partial charge is 0.191 e. The van der Waals surface area contributed by atoms with Crippen molar-refractivity contribution in [3.63, 3.8) is 0 Å². The Kier molecular flexibility index (Phi) is 10.6. The van der Waals surface area contributed by atoms with Crippen molar-refractivity contribution in [3.05, 3.63) is 29.8 Å². The lowest BCUT2D eigenvalue weighted by Crippen LogP contribution is -2.43. The van der Waals surface area contributed by atoms with Gasteiger partial charge in [0.05, 0.1) is 13.2 Å². The second kappa shape index (κ2) is 11.9. The highest BCUT2D eigenvalue weighted by atomic mass is 127. The molecule has 0 amide bonds. The molecule has 0 saturated carbocycles. The number of methoxy groups -OCH3 is 1. The van der Waals surface area contributed by atoms with E-state index in [0.29, 0.717) is 5.25 Å². The Morgan fingerprint density at radius 1 is 1.40 bits per heavy atom. The van der Waals surface area contributed by atoms with Gasteiger partial charge in [-0.2, -0.15) is 11.8 Å². The van der Waals surface area contributed by atoms with Gasteiger partial charge in [-0.3, -0.25) is 4.99 Å². The molecule has 5 nitrogen and oxygen atoms in total. The largest absolute Gasteiger partial charge is 0.497 e. The van der Waals surface area contributed by atoms with Crippen LogP contribution >= 0.6 is 35.7 Å². The molecule has 1 aliphatic heterocycles. The summed E-state index contributed by atoms with van der Waals surface area (Å²) >= 11 is 2.06. The maximum atomic E-state index is 5.35. The molecule has 1 aromatic rings. The maximum absolute atomic E-state index is 5.35. The van der Waals surface area contributed by atoms with Crippen LogP contribution in [0.1, 0.15) is 24.4 Å². The molecule has 1 aromatic carbocycles. The van der Waals surface area contributed by atoms with Crippen molar-refractivity contribution in [1.29, 1.82) is 0 Å². The van der Waals surface area contributed by atoms with Crippen molar-refractivity contribution in [1.82, 2.24) is 15.5 Å². The van der Waals surface area contributed by atoms with Crippen LogP contribution in [0.25, 0.3) is 0 Å². The monoisotopic (exact) mass is 478 g/mol. The van der Waals surface area contributed by atoms with E-state index in [4.69, 9.17) is 4.74 Å². The molecule has 2 unspecified atom stereocenters. The molecule has 2 rings (SSSR count). The molecule has 25 heavy (non-hydrogen) atoms.